The lowest BCUT2D eigenvalue weighted by molar-refractivity contribution is 0.0594. The van der Waals surface area contributed by atoms with Crippen molar-refractivity contribution < 1.29 is 9.50 Å². The molecule has 0 spiro atoms. The number of aliphatic hydroxyl groups excluding tert-OH is 1. The maximum atomic E-state index is 12.9. The molecule has 1 atom stereocenters. The zero-order valence-electron chi connectivity index (χ0n) is 11.3. The second-order valence-corrected chi connectivity index (χ2v) is 5.25. The van der Waals surface area contributed by atoms with Gasteiger partial charge in [-0.15, -0.1) is 6.58 Å². The predicted octanol–water partition coefficient (Wildman–Crippen LogP) is 3.15. The lowest BCUT2D eigenvalue weighted by Crippen LogP contribution is -2.36. The Labute approximate surface area is 114 Å². The van der Waals surface area contributed by atoms with Gasteiger partial charge in [0.05, 0.1) is 6.10 Å². The van der Waals surface area contributed by atoms with Gasteiger partial charge in [0.2, 0.25) is 0 Å². The monoisotopic (exact) mass is 263 g/mol. The van der Waals surface area contributed by atoms with Crippen LogP contribution in [0.25, 0.3) is 0 Å². The molecular formula is C16H22FNO. The summed E-state index contributed by atoms with van der Waals surface area (Å²) in [5, 5.41) is 10.3. The highest BCUT2D eigenvalue weighted by molar-refractivity contribution is 5.19. The van der Waals surface area contributed by atoms with E-state index in [9.17, 15) is 9.50 Å². The summed E-state index contributed by atoms with van der Waals surface area (Å²) in [5.74, 6) is 0.0284. The van der Waals surface area contributed by atoms with Crippen LogP contribution in [0.1, 0.15) is 30.9 Å². The van der Waals surface area contributed by atoms with Crippen molar-refractivity contribution in [3.8, 4) is 0 Å². The highest BCUT2D eigenvalue weighted by atomic mass is 19.1. The highest BCUT2D eigenvalue weighted by Gasteiger charge is 2.25. The third-order valence-electron chi connectivity index (χ3n) is 3.94. The van der Waals surface area contributed by atoms with E-state index in [1.165, 1.54) is 12.1 Å². The molecule has 1 fully saturated rings. The number of nitrogens with zero attached hydrogens (tertiary/aromatic N) is 1. The number of benzene rings is 1. The maximum Gasteiger partial charge on any atom is 0.123 e. The van der Waals surface area contributed by atoms with Crippen LogP contribution in [0, 0.1) is 11.7 Å². The molecule has 104 valence electrons. The average molecular weight is 263 g/mol. The summed E-state index contributed by atoms with van der Waals surface area (Å²) in [5.41, 5.74) is 0.825. The molecule has 0 bridgehead atoms. The topological polar surface area (TPSA) is 23.5 Å². The largest absolute Gasteiger partial charge is 0.388 e. The third-order valence-corrected chi connectivity index (χ3v) is 3.94. The van der Waals surface area contributed by atoms with Crippen molar-refractivity contribution in [2.45, 2.75) is 25.4 Å². The summed E-state index contributed by atoms with van der Waals surface area (Å²) >= 11 is 0. The molecule has 0 saturated carbocycles. The minimum atomic E-state index is -0.470. The van der Waals surface area contributed by atoms with Crippen LogP contribution >= 0.6 is 0 Å². The molecule has 0 amide bonds. The Morgan fingerprint density at radius 2 is 1.95 bits per heavy atom. The molecule has 1 aliphatic rings. The highest BCUT2D eigenvalue weighted by Crippen LogP contribution is 2.30. The van der Waals surface area contributed by atoms with Gasteiger partial charge >= 0.3 is 0 Å². The number of hydrogen-bond donors (Lipinski definition) is 1. The molecule has 1 aromatic carbocycles. The van der Waals surface area contributed by atoms with E-state index in [4.69, 9.17) is 0 Å². The molecule has 0 aliphatic carbocycles. The fraction of sp³-hybridized carbons (Fsp3) is 0.500. The number of aliphatic hydroxyl groups is 1. The van der Waals surface area contributed by atoms with E-state index < -0.39 is 6.10 Å². The third kappa shape index (κ3) is 3.88. The van der Waals surface area contributed by atoms with Gasteiger partial charge in [-0.25, -0.2) is 4.39 Å². The van der Waals surface area contributed by atoms with Crippen molar-refractivity contribution in [1.82, 2.24) is 4.90 Å². The van der Waals surface area contributed by atoms with Crippen LogP contribution in [-0.4, -0.2) is 29.6 Å². The molecule has 2 rings (SSSR count). The van der Waals surface area contributed by atoms with Gasteiger partial charge in [-0.1, -0.05) is 18.2 Å². The molecular weight excluding hydrogens is 241 g/mol. The van der Waals surface area contributed by atoms with Crippen LogP contribution in [0.5, 0.6) is 0 Å². The Hall–Kier alpha value is -1.19. The van der Waals surface area contributed by atoms with E-state index in [2.05, 4.69) is 11.5 Å². The number of hydrogen-bond acceptors (Lipinski definition) is 2. The first-order valence-corrected chi connectivity index (χ1v) is 6.97. The van der Waals surface area contributed by atoms with Crippen LogP contribution in [0.2, 0.25) is 0 Å². The average Bonchev–Trinajstić information content (AvgIpc) is 2.46. The first-order chi connectivity index (χ1) is 9.20. The molecule has 1 saturated heterocycles. The Balaban J connectivity index is 1.86. The quantitative estimate of drug-likeness (QED) is 0.825. The fourth-order valence-corrected chi connectivity index (χ4v) is 2.70. The molecule has 1 aromatic rings. The number of rotatable bonds is 5. The van der Waals surface area contributed by atoms with E-state index in [1.807, 2.05) is 6.08 Å². The van der Waals surface area contributed by atoms with Crippen LogP contribution < -0.4 is 0 Å². The molecule has 3 heteroatoms. The SMILES string of the molecule is C=CCCN1CCC(C(O)c2ccc(F)cc2)CC1. The van der Waals surface area contributed by atoms with Crippen LogP contribution in [0.4, 0.5) is 4.39 Å². The number of likely N-dealkylation sites (tertiary alicyclic amines) is 1. The Bertz CT molecular complexity index is 396. The Kier molecular flexibility index (Phi) is 5.11. The molecule has 19 heavy (non-hydrogen) atoms. The van der Waals surface area contributed by atoms with Crippen molar-refractivity contribution in [3.63, 3.8) is 0 Å². The molecule has 0 radical (unpaired) electrons. The molecule has 0 aromatic heterocycles. The normalized spacial score (nSPS) is 19.3. The first-order valence-electron chi connectivity index (χ1n) is 6.97. The van der Waals surface area contributed by atoms with E-state index in [0.717, 1.165) is 44.5 Å². The smallest absolute Gasteiger partial charge is 0.123 e. The summed E-state index contributed by atoms with van der Waals surface area (Å²) in [4.78, 5) is 2.41. The van der Waals surface area contributed by atoms with Crippen LogP contribution in [0.15, 0.2) is 36.9 Å². The van der Waals surface area contributed by atoms with Crippen molar-refractivity contribution in [1.29, 1.82) is 0 Å². The van der Waals surface area contributed by atoms with E-state index in [-0.39, 0.29) is 11.7 Å². The Morgan fingerprint density at radius 1 is 1.32 bits per heavy atom. The van der Waals surface area contributed by atoms with Gasteiger partial charge < -0.3 is 10.0 Å². The first kappa shape index (κ1) is 14.2. The molecule has 2 nitrogen and oxygen atoms in total. The van der Waals surface area contributed by atoms with Crippen LogP contribution in [-0.2, 0) is 0 Å². The lowest BCUT2D eigenvalue weighted by Gasteiger charge is -2.34. The van der Waals surface area contributed by atoms with Crippen molar-refractivity contribution in [2.24, 2.45) is 5.92 Å². The summed E-state index contributed by atoms with van der Waals surface area (Å²) in [6.07, 6.45) is 4.48. The fourth-order valence-electron chi connectivity index (χ4n) is 2.70. The summed E-state index contributed by atoms with van der Waals surface area (Å²) in [6.45, 7) is 6.85. The minimum absolute atomic E-state index is 0.254. The summed E-state index contributed by atoms with van der Waals surface area (Å²) in [7, 11) is 0. The second-order valence-electron chi connectivity index (χ2n) is 5.25. The van der Waals surface area contributed by atoms with Crippen molar-refractivity contribution in [3.05, 3.63) is 48.3 Å². The Morgan fingerprint density at radius 3 is 2.53 bits per heavy atom. The second kappa shape index (κ2) is 6.83. The van der Waals surface area contributed by atoms with Gasteiger partial charge in [-0.2, -0.15) is 0 Å². The number of piperidine rings is 1. The van der Waals surface area contributed by atoms with Gasteiger partial charge in [0.15, 0.2) is 0 Å². The van der Waals surface area contributed by atoms with E-state index >= 15 is 0 Å². The maximum absolute atomic E-state index is 12.9. The molecule has 1 N–H and O–H groups in total. The van der Waals surface area contributed by atoms with Crippen molar-refractivity contribution in [2.75, 3.05) is 19.6 Å². The van der Waals surface area contributed by atoms with E-state index in [0.29, 0.717) is 0 Å². The zero-order chi connectivity index (χ0) is 13.7. The van der Waals surface area contributed by atoms with Crippen LogP contribution in [0.3, 0.4) is 0 Å². The molecule has 1 heterocycles. The molecule has 1 unspecified atom stereocenters. The van der Waals surface area contributed by atoms with E-state index in [1.54, 1.807) is 12.1 Å². The van der Waals surface area contributed by atoms with Gasteiger partial charge in [-0.05, 0) is 56.0 Å². The predicted molar refractivity (Wildman–Crippen MR) is 75.3 cm³/mol. The zero-order valence-corrected chi connectivity index (χ0v) is 11.3. The summed E-state index contributed by atoms with van der Waals surface area (Å²) < 4.78 is 12.9. The number of halogens is 1. The van der Waals surface area contributed by atoms with Gasteiger partial charge in [0.1, 0.15) is 5.82 Å². The van der Waals surface area contributed by atoms with Crippen molar-refractivity contribution >= 4 is 0 Å². The lowest BCUT2D eigenvalue weighted by atomic mass is 9.87. The molecule has 1 aliphatic heterocycles. The summed E-state index contributed by atoms with van der Waals surface area (Å²) in [6, 6.07) is 6.20. The van der Waals surface area contributed by atoms with Gasteiger partial charge in [-0.3, -0.25) is 0 Å². The standard InChI is InChI=1S/C16H22FNO/c1-2-3-10-18-11-8-14(9-12-18)16(19)13-4-6-15(17)7-5-13/h2,4-7,14,16,19H,1,3,8-12H2. The minimum Gasteiger partial charge on any atom is -0.388 e. The van der Waals surface area contributed by atoms with Gasteiger partial charge in [0.25, 0.3) is 0 Å². The van der Waals surface area contributed by atoms with Gasteiger partial charge in [0, 0.05) is 6.54 Å².